The van der Waals surface area contributed by atoms with E-state index in [0.717, 1.165) is 31.5 Å². The van der Waals surface area contributed by atoms with E-state index < -0.39 is 11.9 Å². The van der Waals surface area contributed by atoms with E-state index in [0.29, 0.717) is 0 Å². The molecule has 0 radical (unpaired) electrons. The average molecular weight is 357 g/mol. The third-order valence-electron chi connectivity index (χ3n) is 3.78. The van der Waals surface area contributed by atoms with Gasteiger partial charge in [0.2, 0.25) is 5.91 Å². The second kappa shape index (κ2) is 9.56. The Bertz CT molecular complexity index is 730. The maximum absolute atomic E-state index is 12.0. The number of ether oxygens (including phenoxy) is 2. The lowest BCUT2D eigenvalue weighted by molar-refractivity contribution is -0.134. The number of carbonyl (C=O) groups excluding carboxylic acids is 3. The molecule has 1 aliphatic rings. The number of likely N-dealkylation sites (tertiary alicyclic amines) is 1. The van der Waals surface area contributed by atoms with Crippen LogP contribution in [0.3, 0.4) is 0 Å². The van der Waals surface area contributed by atoms with Gasteiger partial charge in [-0.05, 0) is 37.0 Å². The zero-order valence-electron chi connectivity index (χ0n) is 15.1. The summed E-state index contributed by atoms with van der Waals surface area (Å²) >= 11 is 0. The number of hydrogen-bond acceptors (Lipinski definition) is 5. The molecule has 1 saturated heterocycles. The Balaban J connectivity index is 2.04. The Morgan fingerprint density at radius 3 is 2.23 bits per heavy atom. The molecule has 0 aromatic heterocycles. The molecular weight excluding hydrogens is 334 g/mol. The van der Waals surface area contributed by atoms with Gasteiger partial charge < -0.3 is 14.4 Å². The Hall–Kier alpha value is -2.89. The van der Waals surface area contributed by atoms with Crippen LogP contribution in [-0.4, -0.2) is 35.8 Å². The lowest BCUT2D eigenvalue weighted by atomic mass is 10.1. The van der Waals surface area contributed by atoms with E-state index >= 15 is 0 Å². The Morgan fingerprint density at radius 1 is 0.923 bits per heavy atom. The van der Waals surface area contributed by atoms with Crippen LogP contribution in [0.5, 0.6) is 11.5 Å². The second-order valence-electron chi connectivity index (χ2n) is 6.00. The molecule has 1 aromatic carbocycles. The summed E-state index contributed by atoms with van der Waals surface area (Å²) in [6.45, 7) is 4.18. The van der Waals surface area contributed by atoms with Crippen molar-refractivity contribution in [1.29, 1.82) is 0 Å². The molecule has 1 aromatic rings. The van der Waals surface area contributed by atoms with Gasteiger partial charge in [0.25, 0.3) is 0 Å². The first-order valence-electron chi connectivity index (χ1n) is 8.60. The van der Waals surface area contributed by atoms with Gasteiger partial charge in [0, 0.05) is 33.0 Å². The molecule has 1 amide bonds. The molecule has 0 spiro atoms. The first-order valence-corrected chi connectivity index (χ1v) is 8.60. The third-order valence-corrected chi connectivity index (χ3v) is 3.78. The number of carbonyl (C=O) groups is 3. The number of esters is 2. The summed E-state index contributed by atoms with van der Waals surface area (Å²) in [5.41, 5.74) is 0.743. The summed E-state index contributed by atoms with van der Waals surface area (Å²) < 4.78 is 10.1. The molecule has 138 valence electrons. The fourth-order valence-electron chi connectivity index (χ4n) is 2.63. The SMILES string of the molecule is CC(=O)Oc1ccc(/C=C/C=C/C(=O)N2CCCCC2)cc1OC(C)=O. The van der Waals surface area contributed by atoms with Gasteiger partial charge in [0.15, 0.2) is 11.5 Å². The van der Waals surface area contributed by atoms with Crippen LogP contribution in [0, 0.1) is 0 Å². The highest BCUT2D eigenvalue weighted by Crippen LogP contribution is 2.29. The van der Waals surface area contributed by atoms with Gasteiger partial charge in [-0.3, -0.25) is 14.4 Å². The van der Waals surface area contributed by atoms with Gasteiger partial charge in [-0.2, -0.15) is 0 Å². The number of piperidine rings is 1. The van der Waals surface area contributed by atoms with Crippen LogP contribution in [0.25, 0.3) is 6.08 Å². The van der Waals surface area contributed by atoms with Gasteiger partial charge in [-0.25, -0.2) is 0 Å². The lowest BCUT2D eigenvalue weighted by Gasteiger charge is -2.25. The second-order valence-corrected chi connectivity index (χ2v) is 6.00. The number of nitrogens with zero attached hydrogens (tertiary/aromatic N) is 1. The predicted octanol–water partition coefficient (Wildman–Crippen LogP) is 3.12. The summed E-state index contributed by atoms with van der Waals surface area (Å²) in [5.74, 6) is -0.642. The molecule has 0 saturated carbocycles. The van der Waals surface area contributed by atoms with E-state index in [1.807, 2.05) is 4.90 Å². The topological polar surface area (TPSA) is 72.9 Å². The van der Waals surface area contributed by atoms with Crippen LogP contribution in [-0.2, 0) is 14.4 Å². The fraction of sp³-hybridized carbons (Fsp3) is 0.350. The quantitative estimate of drug-likeness (QED) is 0.350. The molecule has 6 heteroatoms. The van der Waals surface area contributed by atoms with E-state index in [4.69, 9.17) is 9.47 Å². The normalized spacial score (nSPS) is 14.6. The lowest BCUT2D eigenvalue weighted by Crippen LogP contribution is -2.34. The molecule has 6 nitrogen and oxygen atoms in total. The minimum atomic E-state index is -0.508. The van der Waals surface area contributed by atoms with Crippen molar-refractivity contribution in [2.45, 2.75) is 33.1 Å². The monoisotopic (exact) mass is 357 g/mol. The fourth-order valence-corrected chi connectivity index (χ4v) is 2.63. The number of allylic oxidation sites excluding steroid dienone is 2. The molecule has 0 N–H and O–H groups in total. The number of amides is 1. The molecule has 1 fully saturated rings. The first kappa shape index (κ1) is 19.4. The average Bonchev–Trinajstić information content (AvgIpc) is 2.60. The molecular formula is C20H23NO5. The third kappa shape index (κ3) is 6.20. The number of benzene rings is 1. The molecule has 0 unspecified atom stereocenters. The van der Waals surface area contributed by atoms with Crippen molar-refractivity contribution in [3.05, 3.63) is 42.0 Å². The maximum Gasteiger partial charge on any atom is 0.308 e. The zero-order chi connectivity index (χ0) is 18.9. The van der Waals surface area contributed by atoms with Crippen molar-refractivity contribution >= 4 is 23.9 Å². The van der Waals surface area contributed by atoms with Crippen LogP contribution in [0.15, 0.2) is 36.4 Å². The Morgan fingerprint density at radius 2 is 1.58 bits per heavy atom. The number of hydrogen-bond donors (Lipinski definition) is 0. The highest BCUT2D eigenvalue weighted by molar-refractivity contribution is 5.88. The van der Waals surface area contributed by atoms with Gasteiger partial charge >= 0.3 is 11.9 Å². The molecule has 0 aliphatic carbocycles. The van der Waals surface area contributed by atoms with E-state index in [9.17, 15) is 14.4 Å². The van der Waals surface area contributed by atoms with Crippen molar-refractivity contribution in [2.75, 3.05) is 13.1 Å². The zero-order valence-corrected chi connectivity index (χ0v) is 15.1. The van der Waals surface area contributed by atoms with E-state index in [1.165, 1.54) is 20.3 Å². The first-order chi connectivity index (χ1) is 12.5. The van der Waals surface area contributed by atoms with Crippen molar-refractivity contribution < 1.29 is 23.9 Å². The summed E-state index contributed by atoms with van der Waals surface area (Å²) in [6.07, 6.45) is 10.0. The van der Waals surface area contributed by atoms with Gasteiger partial charge in [-0.1, -0.05) is 24.3 Å². The molecule has 2 rings (SSSR count). The molecule has 26 heavy (non-hydrogen) atoms. The van der Waals surface area contributed by atoms with Crippen LogP contribution >= 0.6 is 0 Å². The van der Waals surface area contributed by atoms with Crippen LogP contribution < -0.4 is 9.47 Å². The highest BCUT2D eigenvalue weighted by atomic mass is 16.6. The Labute approximate surface area is 153 Å². The van der Waals surface area contributed by atoms with Crippen LogP contribution in [0.1, 0.15) is 38.7 Å². The molecule has 0 bridgehead atoms. The van der Waals surface area contributed by atoms with Crippen molar-refractivity contribution in [1.82, 2.24) is 4.90 Å². The van der Waals surface area contributed by atoms with Crippen LogP contribution in [0.4, 0.5) is 0 Å². The standard InChI is InChI=1S/C20H23NO5/c1-15(22)25-18-11-10-17(14-19(18)26-16(2)23)8-4-5-9-20(24)21-12-6-3-7-13-21/h4-5,8-11,14H,3,6-7,12-13H2,1-2H3/b8-4+,9-5+. The summed E-state index contributed by atoms with van der Waals surface area (Å²) in [7, 11) is 0. The van der Waals surface area contributed by atoms with E-state index in [1.54, 1.807) is 42.5 Å². The minimum absolute atomic E-state index is 0.0140. The smallest absolute Gasteiger partial charge is 0.308 e. The predicted molar refractivity (Wildman–Crippen MR) is 97.7 cm³/mol. The molecule has 1 aliphatic heterocycles. The van der Waals surface area contributed by atoms with Crippen molar-refractivity contribution in [3.8, 4) is 11.5 Å². The summed E-state index contributed by atoms with van der Waals surface area (Å²) in [6, 6.07) is 4.88. The van der Waals surface area contributed by atoms with Gasteiger partial charge in [-0.15, -0.1) is 0 Å². The summed E-state index contributed by atoms with van der Waals surface area (Å²) in [4.78, 5) is 36.2. The maximum atomic E-state index is 12.0. The minimum Gasteiger partial charge on any atom is -0.423 e. The molecule has 1 heterocycles. The largest absolute Gasteiger partial charge is 0.423 e. The Kier molecular flexibility index (Phi) is 7.14. The van der Waals surface area contributed by atoms with Crippen LogP contribution in [0.2, 0.25) is 0 Å². The van der Waals surface area contributed by atoms with Gasteiger partial charge in [0.1, 0.15) is 0 Å². The van der Waals surface area contributed by atoms with Gasteiger partial charge in [0.05, 0.1) is 0 Å². The van der Waals surface area contributed by atoms with Crippen molar-refractivity contribution in [2.24, 2.45) is 0 Å². The molecule has 0 atom stereocenters. The number of rotatable bonds is 5. The highest BCUT2D eigenvalue weighted by Gasteiger charge is 2.13. The van der Waals surface area contributed by atoms with Crippen molar-refractivity contribution in [3.63, 3.8) is 0 Å². The summed E-state index contributed by atoms with van der Waals surface area (Å²) in [5, 5.41) is 0. The van der Waals surface area contributed by atoms with E-state index in [2.05, 4.69) is 0 Å². The van der Waals surface area contributed by atoms with E-state index in [-0.39, 0.29) is 17.4 Å².